The summed E-state index contributed by atoms with van der Waals surface area (Å²) in [7, 11) is 0. The van der Waals surface area contributed by atoms with Gasteiger partial charge < -0.3 is 63.4 Å². The molecule has 5 atom stereocenters. The molecule has 0 aromatic carbocycles. The lowest BCUT2D eigenvalue weighted by Gasteiger charge is -2.39. The lowest BCUT2D eigenvalue weighted by atomic mass is 9.99. The van der Waals surface area contributed by atoms with Crippen molar-refractivity contribution in [3.05, 3.63) is 153 Å². The molecule has 0 spiro atoms. The topological polar surface area (TPSA) is 283 Å². The summed E-state index contributed by atoms with van der Waals surface area (Å²) >= 11 is 0. The van der Waals surface area contributed by atoms with Crippen LogP contribution in [0.15, 0.2) is 79.0 Å². The van der Waals surface area contributed by atoms with E-state index >= 15 is 0 Å². The van der Waals surface area contributed by atoms with Crippen LogP contribution in [0.4, 0.5) is 0 Å². The van der Waals surface area contributed by atoms with Crippen molar-refractivity contribution in [2.75, 3.05) is 52.9 Å². The molecule has 8 heterocycles. The second-order valence-corrected chi connectivity index (χ2v) is 34.2. The Kier molecular flexibility index (Phi) is 51.3. The number of nitrogens with zero attached hydrogens (tertiary/aromatic N) is 9. The third kappa shape index (κ3) is 44.5. The molecule has 0 amide bonds. The van der Waals surface area contributed by atoms with Crippen LogP contribution < -0.4 is 28.4 Å². The first-order valence-electron chi connectivity index (χ1n) is 49.1. The molecule has 0 saturated carbocycles. The maximum atomic E-state index is 10.5. The summed E-state index contributed by atoms with van der Waals surface area (Å²) in [6.45, 7) is 19.6. The van der Waals surface area contributed by atoms with Crippen molar-refractivity contribution in [2.24, 2.45) is 0 Å². The first-order chi connectivity index (χ1) is 64.0. The molecule has 0 unspecified atom stereocenters. The number of pyridine rings is 6. The van der Waals surface area contributed by atoms with E-state index in [1.807, 2.05) is 72.9 Å². The molecule has 704 valence electrons. The van der Waals surface area contributed by atoms with Gasteiger partial charge in [-0.05, 0) is 143 Å². The normalized spacial score (nSPS) is 14.4. The summed E-state index contributed by atoms with van der Waals surface area (Å²) in [6, 6.07) is 22.1. The summed E-state index contributed by atoms with van der Waals surface area (Å²) in [4.78, 5) is 29.7. The Morgan fingerprint density at radius 1 is 0.328 bits per heavy atom. The Bertz CT molecular complexity index is 4980. The molecule has 1 aliphatic rings. The number of ether oxygens (including phenoxy) is 8. The maximum Gasteiger partial charge on any atom is 0.186 e. The zero-order chi connectivity index (χ0) is 93.0. The number of aryl methyl sites for hydroxylation is 1. The summed E-state index contributed by atoms with van der Waals surface area (Å²) < 4.78 is 51.4. The highest BCUT2D eigenvalue weighted by molar-refractivity contribution is 5.53. The fourth-order valence-corrected chi connectivity index (χ4v) is 14.3. The molecule has 5 N–H and O–H groups in total. The Morgan fingerprint density at radius 3 is 0.870 bits per heavy atom. The standard InChI is InChI=1S/C109H145N9O13/c1-9-15-21-27-35-43-64-124-98-71-85(49-41-33-34-42-50-97-83-118(117-116-97)63-70-130-108-107(122)106(121)105(120)104(84-119)131-108)110-86(72-98)51-52-87-73-99(125-65-44-36-28-22-16-10-2)74-88(111-87)53-54-89-75-100(126-66-45-37-29-23-17-11-3)76-90(112-89)55-56-91-77-101(127-67-46-38-30-24-18-12-4)78-92(113-91)57-58-93-79-102(128-68-47-39-31-25-19-13-5)80-94(114-93)59-60-95-81-103(129-69-48-40-32-26-20-14-6)82-96(115-95)61-62-109(7,8)123/h71-83,104-108,119-123H,9-40,42-48,50,63-70,84H2,1-8H3/t104-,105+,106+,107-,108-/m1/s1. The van der Waals surface area contributed by atoms with Gasteiger partial charge in [0, 0.05) is 85.4 Å². The van der Waals surface area contributed by atoms with Gasteiger partial charge in [0.05, 0.1) is 65.1 Å². The van der Waals surface area contributed by atoms with Gasteiger partial charge in [-0.2, -0.15) is 0 Å². The predicted octanol–water partition coefficient (Wildman–Crippen LogP) is 19.8. The largest absolute Gasteiger partial charge is 0.493 e. The Hall–Kier alpha value is -10.5. The molecule has 22 heteroatoms. The zero-order valence-corrected chi connectivity index (χ0v) is 79.6. The number of hydrogen-bond donors (Lipinski definition) is 5. The van der Waals surface area contributed by atoms with E-state index in [-0.39, 0.29) is 6.61 Å². The number of rotatable bonds is 57. The van der Waals surface area contributed by atoms with Gasteiger partial charge in [-0.25, -0.2) is 34.6 Å². The Labute approximate surface area is 782 Å². The Balaban J connectivity index is 1.09. The lowest BCUT2D eigenvalue weighted by Crippen LogP contribution is -2.59. The number of aliphatic hydroxyl groups is 5. The van der Waals surface area contributed by atoms with Gasteiger partial charge in [0.1, 0.15) is 133 Å². The van der Waals surface area contributed by atoms with E-state index in [0.29, 0.717) is 162 Å². The molecule has 7 aromatic heterocycles. The average molecular weight is 1790 g/mol. The van der Waals surface area contributed by atoms with Crippen molar-refractivity contribution in [3.8, 4) is 117 Å². The summed E-state index contributed by atoms with van der Waals surface area (Å²) in [5, 5.41) is 59.3. The summed E-state index contributed by atoms with van der Waals surface area (Å²) in [5.41, 5.74) is 4.86. The smallest absolute Gasteiger partial charge is 0.186 e. The van der Waals surface area contributed by atoms with Crippen LogP contribution in [0.1, 0.15) is 380 Å². The van der Waals surface area contributed by atoms with Crippen LogP contribution in [0.25, 0.3) is 0 Å². The van der Waals surface area contributed by atoms with Crippen molar-refractivity contribution < 1.29 is 63.4 Å². The van der Waals surface area contributed by atoms with Gasteiger partial charge in [0.25, 0.3) is 0 Å². The predicted molar refractivity (Wildman–Crippen MR) is 516 cm³/mol. The van der Waals surface area contributed by atoms with Gasteiger partial charge in [-0.15, -0.1) is 5.10 Å². The van der Waals surface area contributed by atoms with E-state index in [2.05, 4.69) is 135 Å². The minimum absolute atomic E-state index is 0.0789. The SMILES string of the molecule is CCCCCCCCOc1cc(C#CCCCCc2cn(CCO[C@@H]3O[C@H](CO)[C@H](O)[C@H](O)[C@H]3O)nn2)nc(C#Cc2cc(OCCCCCCCC)cc(C#Cc3cc(OCCCCCCCC)cc(C#Cc4cc(OCCCCCCCC)cc(C#Cc5cc(OCCCCCCCC)cc(C#Cc6cc(OCCCCCCCC)cc(C#CC(C)(C)O)n6)n5)n4)n3)n2)c1. The zero-order valence-electron chi connectivity index (χ0n) is 79.6. The molecule has 131 heavy (non-hydrogen) atoms. The summed E-state index contributed by atoms with van der Waals surface area (Å²) in [5.74, 6) is 49.1. The Morgan fingerprint density at radius 2 is 0.595 bits per heavy atom. The van der Waals surface area contributed by atoms with Crippen molar-refractivity contribution in [2.45, 2.75) is 355 Å². The number of aliphatic hydroxyl groups excluding tert-OH is 4. The van der Waals surface area contributed by atoms with Crippen LogP contribution in [0.2, 0.25) is 0 Å². The first kappa shape index (κ1) is 106. The molecular weight excluding hydrogens is 1640 g/mol. The molecule has 1 fully saturated rings. The molecule has 0 bridgehead atoms. The molecule has 7 aromatic rings. The van der Waals surface area contributed by atoms with E-state index in [9.17, 15) is 25.5 Å². The average Bonchev–Trinajstić information content (AvgIpc) is 1.16. The highest BCUT2D eigenvalue weighted by Crippen LogP contribution is 2.26. The van der Waals surface area contributed by atoms with Gasteiger partial charge in [-0.3, -0.25) is 0 Å². The third-order valence-electron chi connectivity index (χ3n) is 21.7. The fourth-order valence-electron chi connectivity index (χ4n) is 14.3. The minimum atomic E-state index is -1.52. The van der Waals surface area contributed by atoms with Crippen molar-refractivity contribution in [1.29, 1.82) is 0 Å². The van der Waals surface area contributed by atoms with E-state index in [1.54, 1.807) is 24.6 Å². The molecule has 1 aliphatic heterocycles. The first-order valence-corrected chi connectivity index (χ1v) is 49.1. The molecule has 8 rings (SSSR count). The lowest BCUT2D eigenvalue weighted by molar-refractivity contribution is -0.301. The highest BCUT2D eigenvalue weighted by Gasteiger charge is 2.44. The number of aromatic nitrogens is 9. The van der Waals surface area contributed by atoms with Crippen LogP contribution in [0.5, 0.6) is 34.5 Å². The molecular formula is C109H145N9O13. The second kappa shape index (κ2) is 63.5. The second-order valence-electron chi connectivity index (χ2n) is 34.2. The maximum absolute atomic E-state index is 10.5. The van der Waals surface area contributed by atoms with Gasteiger partial charge >= 0.3 is 0 Å². The van der Waals surface area contributed by atoms with E-state index < -0.39 is 42.9 Å². The molecule has 22 nitrogen and oxygen atoms in total. The highest BCUT2D eigenvalue weighted by atomic mass is 16.7. The van der Waals surface area contributed by atoms with Crippen LogP contribution in [0, 0.1) is 82.9 Å². The molecule has 0 radical (unpaired) electrons. The van der Waals surface area contributed by atoms with Gasteiger partial charge in [0.15, 0.2) is 6.29 Å². The quantitative estimate of drug-likeness (QED) is 0.0175. The van der Waals surface area contributed by atoms with Crippen LogP contribution in [-0.4, -0.2) is 160 Å². The monoisotopic (exact) mass is 1790 g/mol. The van der Waals surface area contributed by atoms with Crippen LogP contribution in [0.3, 0.4) is 0 Å². The van der Waals surface area contributed by atoms with Crippen molar-refractivity contribution in [3.63, 3.8) is 0 Å². The fraction of sp³-hybridized carbons (Fsp3) is 0.578. The summed E-state index contributed by atoms with van der Waals surface area (Å²) in [6.07, 6.45) is 38.2. The van der Waals surface area contributed by atoms with Gasteiger partial charge in [-0.1, -0.05) is 251 Å². The number of hydrogen-bond acceptors (Lipinski definition) is 21. The van der Waals surface area contributed by atoms with Gasteiger partial charge in [0.2, 0.25) is 0 Å². The van der Waals surface area contributed by atoms with Crippen molar-refractivity contribution in [1.82, 2.24) is 44.9 Å². The molecule has 0 aliphatic carbocycles. The third-order valence-corrected chi connectivity index (χ3v) is 21.7. The van der Waals surface area contributed by atoms with E-state index in [4.69, 9.17) is 67.8 Å². The van der Waals surface area contributed by atoms with Crippen LogP contribution in [-0.2, 0) is 22.4 Å². The number of unbranched alkanes of at least 4 members (excludes halogenated alkanes) is 32. The van der Waals surface area contributed by atoms with E-state index in [0.717, 1.165) is 128 Å². The minimum Gasteiger partial charge on any atom is -0.493 e. The van der Waals surface area contributed by atoms with Crippen LogP contribution >= 0.6 is 0 Å². The molecule has 1 saturated heterocycles. The van der Waals surface area contributed by atoms with Crippen molar-refractivity contribution >= 4 is 0 Å². The van der Waals surface area contributed by atoms with E-state index in [1.165, 1.54) is 122 Å².